The van der Waals surface area contributed by atoms with E-state index in [0.29, 0.717) is 0 Å². The molecule has 0 saturated carbocycles. The summed E-state index contributed by atoms with van der Waals surface area (Å²) in [6, 6.07) is 0. The third-order valence-electron chi connectivity index (χ3n) is 14.2. The first-order valence-electron chi connectivity index (χ1n) is 32.8. The quantitative estimate of drug-likeness (QED) is 0.0342. The second-order valence-electron chi connectivity index (χ2n) is 21.7. The van der Waals surface area contributed by atoms with Gasteiger partial charge in [0.2, 0.25) is 0 Å². The highest BCUT2D eigenvalue weighted by atomic mass is 16.8. The minimum absolute atomic E-state index is 0.0164. The summed E-state index contributed by atoms with van der Waals surface area (Å²) in [6.45, 7) is 18.5. The Morgan fingerprint density at radius 2 is 0.452 bits per heavy atom. The molecule has 0 aliphatic rings. The maximum absolute atomic E-state index is 6.57. The van der Waals surface area contributed by atoms with E-state index < -0.39 is 0 Å². The van der Waals surface area contributed by atoms with Crippen molar-refractivity contribution in [2.24, 2.45) is 0 Å². The van der Waals surface area contributed by atoms with Gasteiger partial charge in [0.05, 0.1) is 13.2 Å². The van der Waals surface area contributed by atoms with Gasteiger partial charge in [-0.25, -0.2) is 0 Å². The first kappa shape index (κ1) is 72.2. The lowest BCUT2D eigenvalue weighted by Crippen LogP contribution is -2.25. The Morgan fingerprint density at radius 3 is 0.740 bits per heavy atom. The summed E-state index contributed by atoms with van der Waals surface area (Å²) in [4.78, 5) is 0. The molecule has 7 heteroatoms. The van der Waals surface area contributed by atoms with Crippen LogP contribution in [0.5, 0.6) is 0 Å². The summed E-state index contributed by atoms with van der Waals surface area (Å²) in [5.41, 5.74) is 0. The van der Waals surface area contributed by atoms with Gasteiger partial charge in [-0.2, -0.15) is 0 Å². The molecule has 0 bridgehead atoms. The summed E-state index contributed by atoms with van der Waals surface area (Å²) in [5, 5.41) is 0. The lowest BCUT2D eigenvalue weighted by Gasteiger charge is -2.22. The third-order valence-corrected chi connectivity index (χ3v) is 14.2. The van der Waals surface area contributed by atoms with E-state index >= 15 is 0 Å². The Kier molecular flexibility index (Phi) is 63.0. The van der Waals surface area contributed by atoms with Crippen LogP contribution in [0.15, 0.2) is 24.3 Å². The molecule has 73 heavy (non-hydrogen) atoms. The second kappa shape index (κ2) is 63.7. The molecule has 0 N–H and O–H groups in total. The average Bonchev–Trinajstić information content (AvgIpc) is 3.40. The maximum atomic E-state index is 6.57. The van der Waals surface area contributed by atoms with Crippen molar-refractivity contribution in [1.82, 2.24) is 0 Å². The van der Waals surface area contributed by atoms with Gasteiger partial charge in [0.15, 0.2) is 25.2 Å². The van der Waals surface area contributed by atoms with Crippen LogP contribution in [0.2, 0.25) is 0 Å². The highest BCUT2D eigenvalue weighted by Crippen LogP contribution is 2.18. The van der Waals surface area contributed by atoms with Gasteiger partial charge in [-0.1, -0.05) is 259 Å². The van der Waals surface area contributed by atoms with Gasteiger partial charge in [0.1, 0.15) is 0 Å². The zero-order valence-corrected chi connectivity index (χ0v) is 50.2. The monoisotopic (exact) mass is 1030 g/mol. The van der Waals surface area contributed by atoms with Crippen LogP contribution in [0.1, 0.15) is 337 Å². The number of ether oxygens (including phenoxy) is 7. The molecule has 0 aromatic carbocycles. The summed E-state index contributed by atoms with van der Waals surface area (Å²) in [7, 11) is 0. The average molecular weight is 1040 g/mol. The van der Waals surface area contributed by atoms with Crippen molar-refractivity contribution in [1.29, 1.82) is 0 Å². The molecular weight excluding hydrogens is 905 g/mol. The fourth-order valence-corrected chi connectivity index (χ4v) is 9.31. The summed E-state index contributed by atoms with van der Waals surface area (Å²) >= 11 is 0. The van der Waals surface area contributed by atoms with Gasteiger partial charge in [0, 0.05) is 26.4 Å². The smallest absolute Gasteiger partial charge is 0.180 e. The Hall–Kier alpha value is -0.800. The minimum Gasteiger partial charge on any atom is -0.353 e. The molecule has 0 spiro atoms. The Bertz CT molecular complexity index is 940. The van der Waals surface area contributed by atoms with E-state index in [-0.39, 0.29) is 25.2 Å². The third kappa shape index (κ3) is 57.2. The van der Waals surface area contributed by atoms with Crippen molar-refractivity contribution >= 4 is 0 Å². The molecule has 0 heterocycles. The van der Waals surface area contributed by atoms with Gasteiger partial charge < -0.3 is 33.2 Å². The van der Waals surface area contributed by atoms with Crippen LogP contribution in [-0.2, 0) is 33.2 Å². The van der Waals surface area contributed by atoms with Crippen molar-refractivity contribution in [2.45, 2.75) is 362 Å². The van der Waals surface area contributed by atoms with E-state index in [1.165, 1.54) is 231 Å². The Morgan fingerprint density at radius 1 is 0.233 bits per heavy atom. The van der Waals surface area contributed by atoms with E-state index in [2.05, 4.69) is 65.8 Å². The molecule has 0 aromatic heterocycles. The van der Waals surface area contributed by atoms with Crippen molar-refractivity contribution < 1.29 is 33.2 Å². The molecule has 0 aliphatic carbocycles. The number of rotatable bonds is 64. The molecular formula is C66H130O7. The number of hydrogen-bond donors (Lipinski definition) is 0. The highest BCUT2D eigenvalue weighted by Gasteiger charge is 2.15. The van der Waals surface area contributed by atoms with Crippen molar-refractivity contribution in [3.63, 3.8) is 0 Å². The van der Waals surface area contributed by atoms with Crippen LogP contribution in [0, 0.1) is 0 Å². The van der Waals surface area contributed by atoms with Gasteiger partial charge in [-0.05, 0) is 102 Å². The normalized spacial score (nSPS) is 13.0. The van der Waals surface area contributed by atoms with Gasteiger partial charge in [-0.3, -0.25) is 0 Å². The van der Waals surface area contributed by atoms with Gasteiger partial charge in [-0.15, -0.1) is 0 Å². The predicted molar refractivity (Wildman–Crippen MR) is 317 cm³/mol. The fraction of sp³-hybridized carbons (Fsp3) is 0.939. The molecule has 436 valence electrons. The topological polar surface area (TPSA) is 64.6 Å². The molecule has 0 saturated heterocycles. The van der Waals surface area contributed by atoms with E-state index in [4.69, 9.17) is 33.2 Å². The SMILES string of the molecule is CCCCCCCOC(CCCCCCCCCC=CC(OCCCCCC)OC(C=CCCCCCCCCCC(OCCCCCCC)OCCCCCCC)OCCCCCC)OCCCCCCC. The van der Waals surface area contributed by atoms with Gasteiger partial charge >= 0.3 is 0 Å². The van der Waals surface area contributed by atoms with Crippen LogP contribution in [0.25, 0.3) is 0 Å². The lowest BCUT2D eigenvalue weighted by atomic mass is 10.1. The maximum Gasteiger partial charge on any atom is 0.180 e. The standard InChI is InChI=1S/C66H130O7/c1-7-13-19-39-49-57-67-63(68-58-50-40-20-14-8-2)53-43-35-31-27-25-29-33-37-45-55-65(71-61-47-23-17-11-5)73-66(72-62-48-24-18-12-6)56-46-38-34-30-26-28-32-36-44-54-64(69-59-51-41-21-15-9-3)70-60-52-42-22-16-10-4/h45-46,55-56,63-66H,7-44,47-54,57-62H2,1-6H3. The van der Waals surface area contributed by atoms with Crippen molar-refractivity contribution in [3.05, 3.63) is 24.3 Å². The van der Waals surface area contributed by atoms with Crippen LogP contribution >= 0.6 is 0 Å². The largest absolute Gasteiger partial charge is 0.353 e. The molecule has 0 aromatic rings. The van der Waals surface area contributed by atoms with Crippen LogP contribution in [0.3, 0.4) is 0 Å². The molecule has 2 atom stereocenters. The fourth-order valence-electron chi connectivity index (χ4n) is 9.31. The van der Waals surface area contributed by atoms with E-state index in [1.54, 1.807) is 0 Å². The predicted octanol–water partition coefficient (Wildman–Crippen LogP) is 21.6. The second-order valence-corrected chi connectivity index (χ2v) is 21.7. The van der Waals surface area contributed by atoms with Crippen molar-refractivity contribution in [3.8, 4) is 0 Å². The molecule has 0 amide bonds. The minimum atomic E-state index is -0.384. The molecule has 7 nitrogen and oxygen atoms in total. The van der Waals surface area contributed by atoms with E-state index in [1.807, 2.05) is 0 Å². The van der Waals surface area contributed by atoms with Crippen LogP contribution in [-0.4, -0.2) is 64.8 Å². The van der Waals surface area contributed by atoms with Crippen LogP contribution in [0.4, 0.5) is 0 Å². The molecule has 0 aliphatic heterocycles. The van der Waals surface area contributed by atoms with Crippen LogP contribution < -0.4 is 0 Å². The van der Waals surface area contributed by atoms with Crippen molar-refractivity contribution in [2.75, 3.05) is 39.6 Å². The van der Waals surface area contributed by atoms with E-state index in [0.717, 1.165) is 104 Å². The Balaban J connectivity index is 4.82. The first-order chi connectivity index (χ1) is 36.1. The summed E-state index contributed by atoms with van der Waals surface area (Å²) in [5.74, 6) is 0. The number of hydrogen-bond acceptors (Lipinski definition) is 7. The van der Waals surface area contributed by atoms with Gasteiger partial charge in [0.25, 0.3) is 0 Å². The lowest BCUT2D eigenvalue weighted by molar-refractivity contribution is -0.208. The first-order valence-corrected chi connectivity index (χ1v) is 32.8. The molecule has 2 unspecified atom stereocenters. The van der Waals surface area contributed by atoms with E-state index in [9.17, 15) is 0 Å². The number of allylic oxidation sites excluding steroid dienone is 2. The summed E-state index contributed by atoms with van der Waals surface area (Å²) in [6.07, 6.45) is 65.1. The zero-order valence-electron chi connectivity index (χ0n) is 50.2. The number of unbranched alkanes of at least 4 members (excludes halogenated alkanes) is 36. The Labute approximate surface area is 457 Å². The highest BCUT2D eigenvalue weighted by molar-refractivity contribution is 4.90. The molecule has 0 radical (unpaired) electrons. The molecule has 0 rings (SSSR count). The summed E-state index contributed by atoms with van der Waals surface area (Å²) < 4.78 is 44.3. The molecule has 0 fully saturated rings. The zero-order chi connectivity index (χ0) is 52.9.